The molecule has 2 N–H and O–H groups in total. The maximum Gasteiger partial charge on any atom is 0.249 e. The fourth-order valence-electron chi connectivity index (χ4n) is 8.42. The second-order valence-corrected chi connectivity index (χ2v) is 15.0. The molecule has 0 bridgehead atoms. The van der Waals surface area contributed by atoms with Crippen molar-refractivity contribution < 1.29 is 19.2 Å². The molecule has 15 nitrogen and oxygen atoms in total. The molecule has 0 radical (unpaired) electrons. The summed E-state index contributed by atoms with van der Waals surface area (Å²) in [6.07, 6.45) is 16.0. The van der Waals surface area contributed by atoms with Crippen LogP contribution >= 0.6 is 11.6 Å². The number of piperidine rings is 1. The second kappa shape index (κ2) is 17.4. The van der Waals surface area contributed by atoms with Crippen LogP contribution in [0.2, 0.25) is 5.28 Å². The summed E-state index contributed by atoms with van der Waals surface area (Å²) in [7, 11) is 3.58. The molecule has 2 saturated carbocycles. The Hall–Kier alpha value is -4.11. The van der Waals surface area contributed by atoms with Crippen LogP contribution in [0, 0.1) is 0 Å². The summed E-state index contributed by atoms with van der Waals surface area (Å²) in [6.45, 7) is 7.29. The van der Waals surface area contributed by atoms with Gasteiger partial charge < -0.3 is 35.1 Å². The van der Waals surface area contributed by atoms with E-state index >= 15 is 0 Å². The number of aromatic nitrogens is 4. The molecule has 4 fully saturated rings. The number of rotatable bonds is 5. The Morgan fingerprint density at radius 3 is 1.77 bits per heavy atom. The van der Waals surface area contributed by atoms with Crippen molar-refractivity contribution in [1.29, 1.82) is 0 Å². The number of hydrogen-bond acceptors (Lipinski definition) is 12. The SMILES string of the molecule is CC[C@@H]1C(=O)N(C)c2cnc(Cl)nc2N1C1CCCC1.CC[C@@H]1C(=O)N(C)c2cnc(N3CCNC(=O)C3)nc2N1C1CCCC1.O=C1CCCNC1. The Balaban J connectivity index is 0.000000157. The quantitative estimate of drug-likeness (QED) is 0.429. The van der Waals surface area contributed by atoms with Crippen LogP contribution in [0.5, 0.6) is 0 Å². The van der Waals surface area contributed by atoms with E-state index in [1.807, 2.05) is 11.8 Å². The molecule has 53 heavy (non-hydrogen) atoms. The number of anilines is 5. The van der Waals surface area contributed by atoms with Gasteiger partial charge in [-0.1, -0.05) is 39.5 Å². The number of piperazine rings is 1. The number of amides is 3. The number of ketones is 1. The van der Waals surface area contributed by atoms with Gasteiger partial charge in [0.2, 0.25) is 29.0 Å². The van der Waals surface area contributed by atoms with Gasteiger partial charge in [-0.15, -0.1) is 0 Å². The first-order valence-corrected chi connectivity index (χ1v) is 19.8. The lowest BCUT2D eigenvalue weighted by atomic mass is 10.0. The van der Waals surface area contributed by atoms with Crippen molar-refractivity contribution >= 4 is 64.1 Å². The molecule has 2 saturated heterocycles. The Bertz CT molecular complexity index is 1640. The van der Waals surface area contributed by atoms with Gasteiger partial charge in [0.05, 0.1) is 25.5 Å². The smallest absolute Gasteiger partial charge is 0.249 e. The highest BCUT2D eigenvalue weighted by Crippen LogP contribution is 2.41. The van der Waals surface area contributed by atoms with E-state index in [-0.39, 0.29) is 41.6 Å². The predicted molar refractivity (Wildman–Crippen MR) is 206 cm³/mol. The van der Waals surface area contributed by atoms with Gasteiger partial charge >= 0.3 is 0 Å². The van der Waals surface area contributed by atoms with Crippen molar-refractivity contribution in [1.82, 2.24) is 30.6 Å². The monoisotopic (exact) mass is 751 g/mol. The number of nitrogens with zero attached hydrogens (tertiary/aromatic N) is 9. The molecule has 4 aliphatic heterocycles. The zero-order chi connectivity index (χ0) is 37.6. The first-order chi connectivity index (χ1) is 25.6. The summed E-state index contributed by atoms with van der Waals surface area (Å²) in [5.41, 5.74) is 1.52. The summed E-state index contributed by atoms with van der Waals surface area (Å²) in [5, 5.41) is 6.05. The van der Waals surface area contributed by atoms with Crippen molar-refractivity contribution in [2.75, 3.05) is 71.3 Å². The number of hydrogen-bond donors (Lipinski definition) is 2. The number of halogens is 1. The maximum atomic E-state index is 12.9. The first-order valence-electron chi connectivity index (χ1n) is 19.4. The van der Waals surface area contributed by atoms with E-state index in [1.165, 1.54) is 25.7 Å². The van der Waals surface area contributed by atoms with Gasteiger partial charge in [0.25, 0.3) is 0 Å². The van der Waals surface area contributed by atoms with Crippen LogP contribution in [0.3, 0.4) is 0 Å². The molecule has 2 aromatic heterocycles. The lowest BCUT2D eigenvalue weighted by molar-refractivity contribution is -0.121. The van der Waals surface area contributed by atoms with E-state index in [0.717, 1.165) is 80.9 Å². The molecule has 6 aliphatic rings. The summed E-state index contributed by atoms with van der Waals surface area (Å²) in [5.74, 6) is 2.79. The van der Waals surface area contributed by atoms with Gasteiger partial charge in [-0.2, -0.15) is 9.97 Å². The number of nitrogens with one attached hydrogen (secondary N) is 2. The molecule has 0 unspecified atom stereocenters. The molecule has 2 atom stereocenters. The average Bonchev–Trinajstić information content (AvgIpc) is 3.91. The molecule has 0 spiro atoms. The standard InChI is InChI=1S/C18H26N6O2.C14H19ClN4O.C5H9NO/c1-3-13-17(26)22(2)14-10-20-18(23-9-8-19-15(25)11-23)21-16(14)24(13)12-6-4-5-7-12;1-3-10-13(20)18(2)11-8-16-14(15)17-12(11)19(10)9-6-4-5-7-9;7-5-2-1-3-6-4-5/h10,12-13H,3-9,11H2,1-2H3,(H,19,25);8-10H,3-7H2,1-2H3;6H,1-4H2/t13-;10-;/m11./s1. The van der Waals surface area contributed by atoms with E-state index in [4.69, 9.17) is 16.6 Å². The minimum atomic E-state index is -0.178. The van der Waals surface area contributed by atoms with Gasteiger partial charge in [0.1, 0.15) is 29.2 Å². The molecular formula is C37H54ClN11O4. The molecule has 3 amide bonds. The van der Waals surface area contributed by atoms with E-state index in [9.17, 15) is 19.2 Å². The minimum absolute atomic E-state index is 0.0102. The second-order valence-electron chi connectivity index (χ2n) is 14.7. The highest BCUT2D eigenvalue weighted by Gasteiger charge is 2.42. The van der Waals surface area contributed by atoms with Crippen LogP contribution in [0.4, 0.5) is 29.0 Å². The highest BCUT2D eigenvalue weighted by molar-refractivity contribution is 6.28. The summed E-state index contributed by atoms with van der Waals surface area (Å²) in [6, 6.07) is 0.427. The third kappa shape index (κ3) is 8.35. The lowest BCUT2D eigenvalue weighted by Gasteiger charge is -2.43. The van der Waals surface area contributed by atoms with Gasteiger partial charge in [-0.3, -0.25) is 19.2 Å². The molecule has 288 valence electrons. The van der Waals surface area contributed by atoms with Crippen molar-refractivity contribution in [3.8, 4) is 0 Å². The van der Waals surface area contributed by atoms with Crippen LogP contribution in [-0.4, -0.2) is 114 Å². The molecular weight excluding hydrogens is 698 g/mol. The number of likely N-dealkylation sites (N-methyl/N-ethyl adjacent to an activating group) is 2. The number of carbonyl (C=O) groups is 4. The van der Waals surface area contributed by atoms with Gasteiger partial charge in [-0.25, -0.2) is 9.97 Å². The van der Waals surface area contributed by atoms with Crippen LogP contribution in [-0.2, 0) is 19.2 Å². The number of Topliss-reactive ketones (excluding diaryl/α,β-unsaturated/α-hetero) is 1. The summed E-state index contributed by atoms with van der Waals surface area (Å²) in [4.78, 5) is 75.0. The Labute approximate surface area is 317 Å². The van der Waals surface area contributed by atoms with Crippen LogP contribution in [0.1, 0.15) is 90.9 Å². The normalized spacial score (nSPS) is 23.6. The van der Waals surface area contributed by atoms with E-state index in [2.05, 4.69) is 42.3 Å². The van der Waals surface area contributed by atoms with Gasteiger partial charge in [-0.05, 0) is 63.1 Å². The third-order valence-electron chi connectivity index (χ3n) is 11.2. The average molecular weight is 752 g/mol. The van der Waals surface area contributed by atoms with Crippen molar-refractivity contribution in [2.24, 2.45) is 0 Å². The summed E-state index contributed by atoms with van der Waals surface area (Å²) >= 11 is 5.97. The topological polar surface area (TPSA) is 160 Å². The van der Waals surface area contributed by atoms with Crippen molar-refractivity contribution in [3.63, 3.8) is 0 Å². The highest BCUT2D eigenvalue weighted by atomic mass is 35.5. The zero-order valence-electron chi connectivity index (χ0n) is 31.5. The molecule has 2 aromatic rings. The van der Waals surface area contributed by atoms with Crippen molar-refractivity contribution in [2.45, 2.75) is 115 Å². The molecule has 8 rings (SSSR count). The Morgan fingerprint density at radius 2 is 1.30 bits per heavy atom. The fraction of sp³-hybridized carbons (Fsp3) is 0.676. The molecule has 6 heterocycles. The maximum absolute atomic E-state index is 12.9. The lowest BCUT2D eigenvalue weighted by Crippen LogP contribution is -2.56. The molecule has 16 heteroatoms. The molecule has 2 aliphatic carbocycles. The minimum Gasteiger partial charge on any atom is -0.353 e. The van der Waals surface area contributed by atoms with Gasteiger partial charge in [0, 0.05) is 45.7 Å². The van der Waals surface area contributed by atoms with E-state index in [1.54, 1.807) is 36.3 Å². The number of carbonyl (C=O) groups excluding carboxylic acids is 4. The van der Waals surface area contributed by atoms with Crippen molar-refractivity contribution in [3.05, 3.63) is 17.7 Å². The first kappa shape index (κ1) is 38.6. The zero-order valence-corrected chi connectivity index (χ0v) is 32.3. The van der Waals surface area contributed by atoms with Gasteiger partial charge in [0.15, 0.2) is 11.6 Å². The largest absolute Gasteiger partial charge is 0.353 e. The predicted octanol–water partition coefficient (Wildman–Crippen LogP) is 3.49. The van der Waals surface area contributed by atoms with Crippen LogP contribution < -0.4 is 35.1 Å². The summed E-state index contributed by atoms with van der Waals surface area (Å²) < 4.78 is 0. The Kier molecular flexibility index (Phi) is 12.6. The van der Waals surface area contributed by atoms with Crippen LogP contribution in [0.25, 0.3) is 0 Å². The van der Waals surface area contributed by atoms with E-state index in [0.29, 0.717) is 43.4 Å². The molecule has 0 aromatic carbocycles. The third-order valence-corrected chi connectivity index (χ3v) is 11.4. The van der Waals surface area contributed by atoms with E-state index < -0.39 is 0 Å². The van der Waals surface area contributed by atoms with Crippen LogP contribution in [0.15, 0.2) is 12.4 Å². The Morgan fingerprint density at radius 1 is 0.755 bits per heavy atom. The number of fused-ring (bicyclic) bond motifs is 2. The fourth-order valence-corrected chi connectivity index (χ4v) is 8.55.